The molecule has 2 nitrogen and oxygen atoms in total. The van der Waals surface area contributed by atoms with E-state index in [-0.39, 0.29) is 11.4 Å². The van der Waals surface area contributed by atoms with Crippen molar-refractivity contribution < 1.29 is 9.50 Å². The Kier molecular flexibility index (Phi) is 3.98. The van der Waals surface area contributed by atoms with Gasteiger partial charge in [0.15, 0.2) is 0 Å². The van der Waals surface area contributed by atoms with Crippen molar-refractivity contribution in [3.63, 3.8) is 0 Å². The number of aliphatic hydroxyl groups is 1. The topological polar surface area (TPSA) is 23.5 Å². The molecule has 0 heterocycles. The Hall–Kier alpha value is -0.930. The molecular formula is C16H24FNO. The summed E-state index contributed by atoms with van der Waals surface area (Å²) in [5.74, 6) is -0.280. The Morgan fingerprint density at radius 1 is 1.21 bits per heavy atom. The summed E-state index contributed by atoms with van der Waals surface area (Å²) in [6.07, 6.45) is 3.29. The fraction of sp³-hybridized carbons (Fsp3) is 0.625. The van der Waals surface area contributed by atoms with Crippen molar-refractivity contribution in [1.82, 2.24) is 4.90 Å². The fourth-order valence-electron chi connectivity index (χ4n) is 3.49. The molecule has 19 heavy (non-hydrogen) atoms. The summed E-state index contributed by atoms with van der Waals surface area (Å²) in [5.41, 5.74) is 1.90. The van der Waals surface area contributed by atoms with Crippen LogP contribution in [0, 0.1) is 19.7 Å². The minimum Gasteiger partial charge on any atom is -0.386 e. The van der Waals surface area contributed by atoms with Crippen LogP contribution in [0.5, 0.6) is 0 Å². The Labute approximate surface area is 115 Å². The van der Waals surface area contributed by atoms with E-state index in [9.17, 15) is 9.50 Å². The van der Waals surface area contributed by atoms with Gasteiger partial charge in [0, 0.05) is 5.56 Å². The number of hydrogen-bond donors (Lipinski definition) is 1. The van der Waals surface area contributed by atoms with E-state index in [1.165, 1.54) is 6.07 Å². The highest BCUT2D eigenvalue weighted by Gasteiger charge is 2.44. The summed E-state index contributed by atoms with van der Waals surface area (Å²) in [6.45, 7) is 3.76. The van der Waals surface area contributed by atoms with Crippen LogP contribution >= 0.6 is 0 Å². The standard InChI is InChI=1S/C16H24FNO/c1-11-9-12(2)14(13(17)10-11)15(19)16(18(3)4)7-5-6-8-16/h9-10,15,19H,5-8H2,1-4H3. The van der Waals surface area contributed by atoms with Gasteiger partial charge in [-0.1, -0.05) is 18.9 Å². The number of rotatable bonds is 3. The van der Waals surface area contributed by atoms with Gasteiger partial charge in [-0.15, -0.1) is 0 Å². The second kappa shape index (κ2) is 5.22. The van der Waals surface area contributed by atoms with Crippen LogP contribution in [0.2, 0.25) is 0 Å². The third-order valence-electron chi connectivity index (χ3n) is 4.62. The van der Waals surface area contributed by atoms with Crippen LogP contribution in [0.3, 0.4) is 0 Å². The maximum Gasteiger partial charge on any atom is 0.129 e. The third-order valence-corrected chi connectivity index (χ3v) is 4.62. The summed E-state index contributed by atoms with van der Waals surface area (Å²) in [7, 11) is 3.96. The van der Waals surface area contributed by atoms with Crippen molar-refractivity contribution in [2.45, 2.75) is 51.2 Å². The van der Waals surface area contributed by atoms with Crippen LogP contribution in [-0.4, -0.2) is 29.6 Å². The second-order valence-electron chi connectivity index (χ2n) is 6.08. The number of nitrogens with zero attached hydrogens (tertiary/aromatic N) is 1. The lowest BCUT2D eigenvalue weighted by atomic mass is 9.82. The molecule has 1 aromatic rings. The molecular weight excluding hydrogens is 241 g/mol. The van der Waals surface area contributed by atoms with E-state index in [4.69, 9.17) is 0 Å². The fourth-order valence-corrected chi connectivity index (χ4v) is 3.49. The molecule has 0 radical (unpaired) electrons. The third kappa shape index (κ3) is 2.41. The first-order valence-corrected chi connectivity index (χ1v) is 7.00. The molecule has 1 aliphatic rings. The Morgan fingerprint density at radius 2 is 1.79 bits per heavy atom. The predicted octanol–water partition coefficient (Wildman–Crippen LogP) is 3.35. The van der Waals surface area contributed by atoms with Gasteiger partial charge >= 0.3 is 0 Å². The first-order chi connectivity index (χ1) is 8.88. The zero-order chi connectivity index (χ0) is 14.2. The highest BCUT2D eigenvalue weighted by Crippen LogP contribution is 2.44. The van der Waals surface area contributed by atoms with Crippen molar-refractivity contribution in [2.75, 3.05) is 14.1 Å². The van der Waals surface area contributed by atoms with E-state index in [1.807, 2.05) is 34.0 Å². The molecule has 0 aromatic heterocycles. The number of halogens is 1. The van der Waals surface area contributed by atoms with Gasteiger partial charge in [-0.25, -0.2) is 4.39 Å². The van der Waals surface area contributed by atoms with E-state index in [0.717, 1.165) is 36.8 Å². The van der Waals surface area contributed by atoms with Gasteiger partial charge in [-0.05, 0) is 58.0 Å². The van der Waals surface area contributed by atoms with E-state index in [2.05, 4.69) is 4.90 Å². The molecule has 1 unspecified atom stereocenters. The van der Waals surface area contributed by atoms with Gasteiger partial charge in [-0.2, -0.15) is 0 Å². The summed E-state index contributed by atoms with van der Waals surface area (Å²) >= 11 is 0. The van der Waals surface area contributed by atoms with Gasteiger partial charge < -0.3 is 10.0 Å². The molecule has 1 N–H and O–H groups in total. The molecule has 3 heteroatoms. The summed E-state index contributed by atoms with van der Waals surface area (Å²) in [4.78, 5) is 2.07. The van der Waals surface area contributed by atoms with Crippen molar-refractivity contribution in [1.29, 1.82) is 0 Å². The highest BCUT2D eigenvalue weighted by atomic mass is 19.1. The summed E-state index contributed by atoms with van der Waals surface area (Å²) in [5, 5.41) is 10.8. The maximum atomic E-state index is 14.3. The van der Waals surface area contributed by atoms with Gasteiger partial charge in [0.2, 0.25) is 0 Å². The van der Waals surface area contributed by atoms with Crippen LogP contribution in [0.4, 0.5) is 4.39 Å². The molecule has 0 aliphatic heterocycles. The number of hydrogen-bond acceptors (Lipinski definition) is 2. The number of aliphatic hydroxyl groups excluding tert-OH is 1. The van der Waals surface area contributed by atoms with E-state index >= 15 is 0 Å². The molecule has 1 fully saturated rings. The molecule has 0 amide bonds. The highest BCUT2D eigenvalue weighted by molar-refractivity contribution is 5.35. The number of likely N-dealkylation sites (N-methyl/N-ethyl adjacent to an activating group) is 1. The minimum atomic E-state index is -0.759. The second-order valence-corrected chi connectivity index (χ2v) is 6.08. The molecule has 106 valence electrons. The first kappa shape index (κ1) is 14.5. The molecule has 1 atom stereocenters. The maximum absolute atomic E-state index is 14.3. The van der Waals surface area contributed by atoms with E-state index in [1.54, 1.807) is 0 Å². The summed E-state index contributed by atoms with van der Waals surface area (Å²) < 4.78 is 14.3. The van der Waals surface area contributed by atoms with Crippen LogP contribution in [0.25, 0.3) is 0 Å². The normalized spacial score (nSPS) is 19.9. The van der Waals surface area contributed by atoms with Crippen LogP contribution in [0.15, 0.2) is 12.1 Å². The minimum absolute atomic E-state index is 0.280. The average molecular weight is 265 g/mol. The Bertz CT molecular complexity index is 441. The van der Waals surface area contributed by atoms with Crippen LogP contribution < -0.4 is 0 Å². The molecule has 1 saturated carbocycles. The van der Waals surface area contributed by atoms with Gasteiger partial charge in [0.25, 0.3) is 0 Å². The lowest BCUT2D eigenvalue weighted by Crippen LogP contribution is -2.47. The van der Waals surface area contributed by atoms with Crippen LogP contribution in [-0.2, 0) is 0 Å². The molecule has 1 aromatic carbocycles. The monoisotopic (exact) mass is 265 g/mol. The zero-order valence-electron chi connectivity index (χ0n) is 12.3. The van der Waals surface area contributed by atoms with Crippen molar-refractivity contribution in [2.24, 2.45) is 0 Å². The SMILES string of the molecule is Cc1cc(C)c(C(O)C2(N(C)C)CCCC2)c(F)c1. The number of benzene rings is 1. The van der Waals surface area contributed by atoms with Crippen molar-refractivity contribution >= 4 is 0 Å². The predicted molar refractivity (Wildman–Crippen MR) is 75.7 cm³/mol. The zero-order valence-corrected chi connectivity index (χ0v) is 12.3. The molecule has 2 rings (SSSR count). The number of aryl methyl sites for hydroxylation is 2. The first-order valence-electron chi connectivity index (χ1n) is 7.00. The lowest BCUT2D eigenvalue weighted by Gasteiger charge is -2.41. The van der Waals surface area contributed by atoms with Crippen LogP contribution in [0.1, 0.15) is 48.5 Å². The van der Waals surface area contributed by atoms with Crippen molar-refractivity contribution in [3.8, 4) is 0 Å². The molecule has 0 saturated heterocycles. The average Bonchev–Trinajstić information content (AvgIpc) is 2.77. The summed E-state index contributed by atoms with van der Waals surface area (Å²) in [6, 6.07) is 3.46. The van der Waals surface area contributed by atoms with Crippen molar-refractivity contribution in [3.05, 3.63) is 34.6 Å². The Morgan fingerprint density at radius 3 is 2.26 bits per heavy atom. The molecule has 1 aliphatic carbocycles. The van der Waals surface area contributed by atoms with E-state index < -0.39 is 6.10 Å². The largest absolute Gasteiger partial charge is 0.386 e. The smallest absolute Gasteiger partial charge is 0.129 e. The molecule has 0 spiro atoms. The van der Waals surface area contributed by atoms with Gasteiger partial charge in [-0.3, -0.25) is 0 Å². The molecule has 0 bridgehead atoms. The quantitative estimate of drug-likeness (QED) is 0.906. The Balaban J connectivity index is 2.46. The van der Waals surface area contributed by atoms with Gasteiger partial charge in [0.05, 0.1) is 5.54 Å². The van der Waals surface area contributed by atoms with E-state index in [0.29, 0.717) is 5.56 Å². The van der Waals surface area contributed by atoms with Gasteiger partial charge in [0.1, 0.15) is 11.9 Å². The lowest BCUT2D eigenvalue weighted by molar-refractivity contribution is -0.00710.